The van der Waals surface area contributed by atoms with Crippen molar-refractivity contribution in [1.82, 2.24) is 9.97 Å². The number of halogens is 2. The van der Waals surface area contributed by atoms with Crippen LogP contribution in [0, 0.1) is 28.9 Å². The molecule has 2 heterocycles. The average Bonchev–Trinajstić information content (AvgIpc) is 3.19. The fraction of sp³-hybridized carbons (Fsp3) is 0.385. The summed E-state index contributed by atoms with van der Waals surface area (Å²) < 4.78 is 46.8. The Balaban J connectivity index is 1.23. The molecule has 1 saturated heterocycles. The van der Waals surface area contributed by atoms with E-state index in [9.17, 15) is 13.0 Å². The van der Waals surface area contributed by atoms with E-state index < -0.39 is 22.4 Å². The lowest BCUT2D eigenvalue weighted by atomic mass is 10.1. The van der Waals surface area contributed by atoms with Gasteiger partial charge in [0, 0.05) is 53.4 Å². The summed E-state index contributed by atoms with van der Waals surface area (Å²) in [5, 5.41) is 0. The molecule has 5 rings (SSSR count). The molecular formula is C26H27F2N3O2S. The Morgan fingerprint density at radius 1 is 1.12 bits per heavy atom. The largest absolute Gasteiger partial charge is 0.487 e. The maximum atomic E-state index is 14.8. The lowest BCUT2D eigenvalue weighted by Gasteiger charge is -2.22. The highest BCUT2D eigenvalue weighted by molar-refractivity contribution is 7.84. The summed E-state index contributed by atoms with van der Waals surface area (Å²) in [6.07, 6.45) is 6.22. The minimum absolute atomic E-state index is 0.0286. The maximum Gasteiger partial charge on any atom is 0.225 e. The van der Waals surface area contributed by atoms with Gasteiger partial charge >= 0.3 is 0 Å². The molecular weight excluding hydrogens is 456 g/mol. The Bertz CT molecular complexity index is 1210. The van der Waals surface area contributed by atoms with Gasteiger partial charge in [-0.25, -0.2) is 18.7 Å². The zero-order valence-corrected chi connectivity index (χ0v) is 20.2. The van der Waals surface area contributed by atoms with E-state index in [2.05, 4.69) is 28.7 Å². The van der Waals surface area contributed by atoms with Crippen molar-refractivity contribution in [1.29, 1.82) is 0 Å². The third-order valence-electron chi connectivity index (χ3n) is 7.33. The molecule has 2 aliphatic rings. The quantitative estimate of drug-likeness (QED) is 0.480. The van der Waals surface area contributed by atoms with Crippen LogP contribution in [0.2, 0.25) is 0 Å². The van der Waals surface area contributed by atoms with Crippen LogP contribution in [0.1, 0.15) is 19.4 Å². The second-order valence-corrected chi connectivity index (χ2v) is 10.8. The van der Waals surface area contributed by atoms with Crippen molar-refractivity contribution in [2.45, 2.75) is 25.2 Å². The molecule has 5 nitrogen and oxygen atoms in total. The Morgan fingerprint density at radius 3 is 2.29 bits per heavy atom. The number of aryl methyl sites for hydroxylation is 1. The number of hydrogen-bond donors (Lipinski definition) is 0. The van der Waals surface area contributed by atoms with Gasteiger partial charge < -0.3 is 9.64 Å². The first kappa shape index (κ1) is 22.9. The van der Waals surface area contributed by atoms with Gasteiger partial charge in [0.1, 0.15) is 0 Å². The summed E-state index contributed by atoms with van der Waals surface area (Å²) in [4.78, 5) is 11.8. The van der Waals surface area contributed by atoms with Crippen LogP contribution in [0.25, 0.3) is 11.1 Å². The van der Waals surface area contributed by atoms with Crippen molar-refractivity contribution in [2.75, 3.05) is 30.9 Å². The van der Waals surface area contributed by atoms with Gasteiger partial charge in [0.2, 0.25) is 5.95 Å². The molecule has 4 atom stereocenters. The number of ether oxygens (including phenoxy) is 1. The number of anilines is 1. The Hall–Kier alpha value is -2.87. The Labute approximate surface area is 200 Å². The summed E-state index contributed by atoms with van der Waals surface area (Å²) >= 11 is 0. The normalized spacial score (nSPS) is 24.1. The van der Waals surface area contributed by atoms with Gasteiger partial charge in [-0.15, -0.1) is 0 Å². The second-order valence-electron chi connectivity index (χ2n) is 9.40. The molecule has 2 fully saturated rings. The van der Waals surface area contributed by atoms with Gasteiger partial charge in [-0.3, -0.25) is 4.21 Å². The molecule has 0 radical (unpaired) electrons. The van der Waals surface area contributed by atoms with E-state index in [-0.39, 0.29) is 23.7 Å². The number of aromatic nitrogens is 2. The first-order valence-electron chi connectivity index (χ1n) is 11.4. The minimum Gasteiger partial charge on any atom is -0.487 e. The van der Waals surface area contributed by atoms with Crippen LogP contribution in [0.5, 0.6) is 5.75 Å². The molecule has 0 bridgehead atoms. The van der Waals surface area contributed by atoms with Gasteiger partial charge in [-0.2, -0.15) is 0 Å². The molecule has 4 unspecified atom stereocenters. The minimum atomic E-state index is -1.11. The standard InChI is InChI=1S/C26H27F2N3O2S/c1-4-16-11-29-25(30-12-16)31-13-20-21(26(20,2)15-31)14-33-24-22(27)9-18(10-23(24)28)17-5-7-19(8-6-17)34(3)32/h5-12,20-21H,4,13-15H2,1-3H3. The number of benzene rings is 2. The molecule has 0 amide bonds. The molecule has 1 aliphatic heterocycles. The monoisotopic (exact) mass is 483 g/mol. The maximum absolute atomic E-state index is 14.8. The molecule has 178 valence electrons. The van der Waals surface area contributed by atoms with E-state index in [0.717, 1.165) is 31.0 Å². The molecule has 2 aromatic carbocycles. The summed E-state index contributed by atoms with van der Waals surface area (Å²) in [5.41, 5.74) is 2.20. The molecule has 1 saturated carbocycles. The second kappa shape index (κ2) is 8.73. The number of fused-ring (bicyclic) bond motifs is 1. The predicted octanol–water partition coefficient (Wildman–Crippen LogP) is 4.87. The molecule has 8 heteroatoms. The fourth-order valence-electron chi connectivity index (χ4n) is 5.08. The van der Waals surface area contributed by atoms with Crippen LogP contribution in [-0.2, 0) is 17.2 Å². The molecule has 1 aromatic heterocycles. The Kier molecular flexibility index (Phi) is 5.88. The van der Waals surface area contributed by atoms with E-state index in [1.54, 1.807) is 30.5 Å². The Morgan fingerprint density at radius 2 is 1.76 bits per heavy atom. The van der Waals surface area contributed by atoms with Crippen molar-refractivity contribution in [3.05, 3.63) is 66.0 Å². The van der Waals surface area contributed by atoms with Gasteiger partial charge in [0.15, 0.2) is 17.4 Å². The molecule has 0 N–H and O–H groups in total. The van der Waals surface area contributed by atoms with Crippen molar-refractivity contribution >= 4 is 16.7 Å². The third-order valence-corrected chi connectivity index (χ3v) is 8.26. The molecule has 3 aromatic rings. The van der Waals surface area contributed by atoms with Crippen LogP contribution < -0.4 is 9.64 Å². The van der Waals surface area contributed by atoms with Crippen LogP contribution in [0.3, 0.4) is 0 Å². The smallest absolute Gasteiger partial charge is 0.225 e. The highest BCUT2D eigenvalue weighted by Gasteiger charge is 2.66. The fourth-order valence-corrected chi connectivity index (χ4v) is 5.60. The molecule has 1 aliphatic carbocycles. The summed E-state index contributed by atoms with van der Waals surface area (Å²) in [7, 11) is -1.11. The lowest BCUT2D eigenvalue weighted by Crippen LogP contribution is -2.29. The summed E-state index contributed by atoms with van der Waals surface area (Å²) in [6.45, 7) is 6.16. The van der Waals surface area contributed by atoms with Crippen LogP contribution >= 0.6 is 0 Å². The predicted molar refractivity (Wildman–Crippen MR) is 128 cm³/mol. The van der Waals surface area contributed by atoms with Gasteiger partial charge in [0.25, 0.3) is 0 Å². The zero-order valence-electron chi connectivity index (χ0n) is 19.4. The summed E-state index contributed by atoms with van der Waals surface area (Å²) in [5.74, 6) is -0.426. The summed E-state index contributed by atoms with van der Waals surface area (Å²) in [6, 6.07) is 9.39. The first-order valence-corrected chi connectivity index (χ1v) is 13.0. The van der Waals surface area contributed by atoms with E-state index >= 15 is 0 Å². The van der Waals surface area contributed by atoms with E-state index in [1.165, 1.54) is 12.1 Å². The van der Waals surface area contributed by atoms with E-state index in [4.69, 9.17) is 4.74 Å². The number of rotatable bonds is 7. The third kappa shape index (κ3) is 4.08. The van der Waals surface area contributed by atoms with Gasteiger partial charge in [-0.1, -0.05) is 26.0 Å². The highest BCUT2D eigenvalue weighted by Crippen LogP contribution is 2.63. The highest BCUT2D eigenvalue weighted by atomic mass is 32.2. The molecule has 34 heavy (non-hydrogen) atoms. The van der Waals surface area contributed by atoms with Crippen molar-refractivity contribution < 1.29 is 17.7 Å². The molecule has 0 spiro atoms. The van der Waals surface area contributed by atoms with Crippen molar-refractivity contribution in [3.63, 3.8) is 0 Å². The van der Waals surface area contributed by atoms with E-state index in [0.29, 0.717) is 21.9 Å². The number of nitrogens with zero attached hydrogens (tertiary/aromatic N) is 3. The average molecular weight is 484 g/mol. The van der Waals surface area contributed by atoms with Crippen LogP contribution in [0.15, 0.2) is 53.7 Å². The lowest BCUT2D eigenvalue weighted by molar-refractivity contribution is 0.247. The van der Waals surface area contributed by atoms with E-state index in [1.807, 2.05) is 12.4 Å². The van der Waals surface area contributed by atoms with Crippen molar-refractivity contribution in [3.8, 4) is 16.9 Å². The van der Waals surface area contributed by atoms with Crippen LogP contribution in [0.4, 0.5) is 14.7 Å². The number of piperidine rings is 1. The van der Waals surface area contributed by atoms with Gasteiger partial charge in [-0.05, 0) is 58.7 Å². The van der Waals surface area contributed by atoms with Gasteiger partial charge in [0.05, 0.1) is 6.61 Å². The van der Waals surface area contributed by atoms with Crippen molar-refractivity contribution in [2.24, 2.45) is 17.3 Å². The van der Waals surface area contributed by atoms with Crippen LogP contribution in [-0.4, -0.2) is 40.1 Å². The number of hydrogen-bond acceptors (Lipinski definition) is 5. The zero-order chi connectivity index (χ0) is 24.0. The first-order chi connectivity index (χ1) is 16.3. The SMILES string of the molecule is CCc1cnc(N2CC3C(COc4c(F)cc(-c5ccc(S(C)=O)cc5)cc4F)C3(C)C2)nc1. The topological polar surface area (TPSA) is 55.3 Å².